The molecule has 3 N–H and O–H groups in total. The standard InChI is InChI=1S/C15H14N6O/c16-12-5-3-10(7-17-12)11-4-6-13-18-15(20-21(13)8-11)19-14(22)9-1-2-9/h3-9H,1-2H2,(H2,16,17)(H,19,20,22). The van der Waals surface area contributed by atoms with Crippen molar-refractivity contribution in [1.82, 2.24) is 19.6 Å². The van der Waals surface area contributed by atoms with E-state index in [4.69, 9.17) is 5.73 Å². The average Bonchev–Trinajstić information content (AvgIpc) is 3.28. The minimum Gasteiger partial charge on any atom is -0.384 e. The van der Waals surface area contributed by atoms with Crippen LogP contribution in [-0.2, 0) is 4.79 Å². The van der Waals surface area contributed by atoms with Gasteiger partial charge in [0.25, 0.3) is 0 Å². The van der Waals surface area contributed by atoms with Crippen molar-refractivity contribution in [3.8, 4) is 11.1 Å². The smallest absolute Gasteiger partial charge is 0.249 e. The van der Waals surface area contributed by atoms with Gasteiger partial charge in [-0.2, -0.15) is 4.98 Å². The number of carbonyl (C=O) groups is 1. The zero-order valence-corrected chi connectivity index (χ0v) is 11.7. The lowest BCUT2D eigenvalue weighted by Crippen LogP contribution is -2.14. The van der Waals surface area contributed by atoms with E-state index < -0.39 is 0 Å². The van der Waals surface area contributed by atoms with Crippen LogP contribution >= 0.6 is 0 Å². The molecule has 0 radical (unpaired) electrons. The van der Waals surface area contributed by atoms with Gasteiger partial charge in [-0.05, 0) is 37.1 Å². The van der Waals surface area contributed by atoms with Crippen LogP contribution in [0.25, 0.3) is 16.8 Å². The maximum Gasteiger partial charge on any atom is 0.249 e. The van der Waals surface area contributed by atoms with Gasteiger partial charge in [0, 0.05) is 29.4 Å². The third kappa shape index (κ3) is 2.37. The number of aromatic nitrogens is 4. The lowest BCUT2D eigenvalue weighted by Gasteiger charge is -2.01. The van der Waals surface area contributed by atoms with Crippen LogP contribution in [0.4, 0.5) is 11.8 Å². The van der Waals surface area contributed by atoms with Crippen molar-refractivity contribution in [3.63, 3.8) is 0 Å². The number of nitrogens with two attached hydrogens (primary N) is 1. The van der Waals surface area contributed by atoms with Crippen LogP contribution < -0.4 is 11.1 Å². The number of anilines is 2. The molecule has 1 aliphatic rings. The quantitative estimate of drug-likeness (QED) is 0.766. The van der Waals surface area contributed by atoms with E-state index in [0.29, 0.717) is 17.4 Å². The number of nitrogen functional groups attached to an aromatic ring is 1. The molecule has 3 heterocycles. The topological polar surface area (TPSA) is 98.2 Å². The van der Waals surface area contributed by atoms with Gasteiger partial charge in [0.2, 0.25) is 11.9 Å². The minimum atomic E-state index is -0.00105. The second kappa shape index (κ2) is 4.80. The summed E-state index contributed by atoms with van der Waals surface area (Å²) >= 11 is 0. The second-order valence-electron chi connectivity index (χ2n) is 5.39. The van der Waals surface area contributed by atoms with Gasteiger partial charge in [-0.3, -0.25) is 10.1 Å². The van der Waals surface area contributed by atoms with E-state index in [0.717, 1.165) is 24.0 Å². The fourth-order valence-corrected chi connectivity index (χ4v) is 2.24. The lowest BCUT2D eigenvalue weighted by atomic mass is 10.1. The second-order valence-corrected chi connectivity index (χ2v) is 5.39. The molecule has 0 bridgehead atoms. The van der Waals surface area contributed by atoms with Crippen LogP contribution in [0.3, 0.4) is 0 Å². The third-order valence-electron chi connectivity index (χ3n) is 3.63. The maximum absolute atomic E-state index is 11.8. The van der Waals surface area contributed by atoms with Gasteiger partial charge in [-0.25, -0.2) is 9.50 Å². The number of hydrogen-bond acceptors (Lipinski definition) is 5. The molecule has 0 saturated heterocycles. The summed E-state index contributed by atoms with van der Waals surface area (Å²) in [5, 5.41) is 7.04. The van der Waals surface area contributed by atoms with E-state index in [9.17, 15) is 4.79 Å². The number of nitrogens with one attached hydrogen (secondary N) is 1. The van der Waals surface area contributed by atoms with E-state index in [2.05, 4.69) is 20.4 Å². The summed E-state index contributed by atoms with van der Waals surface area (Å²) in [6.07, 6.45) is 5.46. The number of carbonyl (C=O) groups excluding carboxylic acids is 1. The molecule has 1 saturated carbocycles. The number of rotatable bonds is 3. The molecular formula is C15H14N6O. The largest absolute Gasteiger partial charge is 0.384 e. The molecular weight excluding hydrogens is 280 g/mol. The van der Waals surface area contributed by atoms with E-state index in [-0.39, 0.29) is 11.8 Å². The molecule has 1 amide bonds. The Kier molecular flexibility index (Phi) is 2.78. The van der Waals surface area contributed by atoms with Crippen LogP contribution in [0.15, 0.2) is 36.7 Å². The molecule has 7 heteroatoms. The SMILES string of the molecule is Nc1ccc(-c2ccc3nc(NC(=O)C4CC4)nn3c2)cn1. The molecule has 0 aromatic carbocycles. The monoisotopic (exact) mass is 294 g/mol. The number of nitrogens with zero attached hydrogens (tertiary/aromatic N) is 4. The minimum absolute atomic E-state index is 0.00105. The number of fused-ring (bicyclic) bond motifs is 1. The van der Waals surface area contributed by atoms with Gasteiger partial charge in [-0.1, -0.05) is 0 Å². The van der Waals surface area contributed by atoms with Crippen molar-refractivity contribution < 1.29 is 4.79 Å². The van der Waals surface area contributed by atoms with Crippen LogP contribution in [0, 0.1) is 5.92 Å². The van der Waals surface area contributed by atoms with Gasteiger partial charge in [0.05, 0.1) is 0 Å². The van der Waals surface area contributed by atoms with Crippen molar-refractivity contribution in [1.29, 1.82) is 0 Å². The molecule has 110 valence electrons. The van der Waals surface area contributed by atoms with Crippen LogP contribution in [0.2, 0.25) is 0 Å². The highest BCUT2D eigenvalue weighted by molar-refractivity contribution is 5.92. The summed E-state index contributed by atoms with van der Waals surface area (Å²) in [6.45, 7) is 0. The van der Waals surface area contributed by atoms with Crippen molar-refractivity contribution in [2.45, 2.75) is 12.8 Å². The van der Waals surface area contributed by atoms with E-state index >= 15 is 0 Å². The number of hydrogen-bond donors (Lipinski definition) is 2. The summed E-state index contributed by atoms with van der Waals surface area (Å²) in [5.74, 6) is 0.946. The summed E-state index contributed by atoms with van der Waals surface area (Å²) < 4.78 is 1.65. The van der Waals surface area contributed by atoms with Crippen LogP contribution in [0.1, 0.15) is 12.8 Å². The Bertz CT molecular complexity index is 850. The summed E-state index contributed by atoms with van der Waals surface area (Å²) in [5.41, 5.74) is 8.16. The highest BCUT2D eigenvalue weighted by Gasteiger charge is 2.30. The van der Waals surface area contributed by atoms with E-state index in [1.807, 2.05) is 24.4 Å². The maximum atomic E-state index is 11.8. The molecule has 7 nitrogen and oxygen atoms in total. The van der Waals surface area contributed by atoms with Gasteiger partial charge in [0.1, 0.15) is 5.82 Å². The highest BCUT2D eigenvalue weighted by Crippen LogP contribution is 2.29. The van der Waals surface area contributed by atoms with Crippen molar-refractivity contribution >= 4 is 23.3 Å². The van der Waals surface area contributed by atoms with Crippen molar-refractivity contribution in [2.75, 3.05) is 11.1 Å². The van der Waals surface area contributed by atoms with Gasteiger partial charge in [-0.15, -0.1) is 5.10 Å². The molecule has 0 aliphatic heterocycles. The van der Waals surface area contributed by atoms with Crippen LogP contribution in [-0.4, -0.2) is 25.5 Å². The first-order chi connectivity index (χ1) is 10.7. The normalized spacial score (nSPS) is 14.2. The third-order valence-corrected chi connectivity index (χ3v) is 3.63. The fraction of sp³-hybridized carbons (Fsp3) is 0.200. The summed E-state index contributed by atoms with van der Waals surface area (Å²) in [7, 11) is 0. The number of amides is 1. The highest BCUT2D eigenvalue weighted by atomic mass is 16.2. The van der Waals surface area contributed by atoms with E-state index in [1.54, 1.807) is 16.8 Å². The zero-order chi connectivity index (χ0) is 15.1. The predicted molar refractivity (Wildman–Crippen MR) is 82.0 cm³/mol. The molecule has 4 rings (SSSR count). The molecule has 1 fully saturated rings. The Hall–Kier alpha value is -2.96. The zero-order valence-electron chi connectivity index (χ0n) is 11.7. The van der Waals surface area contributed by atoms with E-state index in [1.165, 1.54) is 0 Å². The molecule has 3 aromatic rings. The number of pyridine rings is 2. The van der Waals surface area contributed by atoms with Gasteiger partial charge in [0.15, 0.2) is 5.65 Å². The average molecular weight is 294 g/mol. The molecule has 0 atom stereocenters. The Labute approximate surface area is 126 Å². The Morgan fingerprint density at radius 2 is 2.05 bits per heavy atom. The first-order valence-corrected chi connectivity index (χ1v) is 7.08. The first kappa shape index (κ1) is 12.8. The molecule has 3 aromatic heterocycles. The van der Waals surface area contributed by atoms with Crippen LogP contribution in [0.5, 0.6) is 0 Å². The molecule has 22 heavy (non-hydrogen) atoms. The lowest BCUT2D eigenvalue weighted by molar-refractivity contribution is -0.117. The Morgan fingerprint density at radius 1 is 1.23 bits per heavy atom. The summed E-state index contributed by atoms with van der Waals surface area (Å²) in [6, 6.07) is 7.44. The van der Waals surface area contributed by atoms with Gasteiger partial charge < -0.3 is 5.73 Å². The molecule has 1 aliphatic carbocycles. The van der Waals surface area contributed by atoms with Crippen molar-refractivity contribution in [3.05, 3.63) is 36.7 Å². The predicted octanol–water partition coefficient (Wildman–Crippen LogP) is 1.72. The van der Waals surface area contributed by atoms with Gasteiger partial charge >= 0.3 is 0 Å². The first-order valence-electron chi connectivity index (χ1n) is 7.08. The fourth-order valence-electron chi connectivity index (χ4n) is 2.24. The Morgan fingerprint density at radius 3 is 2.77 bits per heavy atom. The molecule has 0 unspecified atom stereocenters. The molecule has 0 spiro atoms. The van der Waals surface area contributed by atoms with Crippen molar-refractivity contribution in [2.24, 2.45) is 5.92 Å². The summed E-state index contributed by atoms with van der Waals surface area (Å²) in [4.78, 5) is 20.1. The Balaban J connectivity index is 1.65.